The maximum atomic E-state index is 12.2. The van der Waals surface area contributed by atoms with Crippen molar-refractivity contribution in [2.24, 2.45) is 0 Å². The molecule has 1 aromatic heterocycles. The van der Waals surface area contributed by atoms with Crippen molar-refractivity contribution in [3.8, 4) is 0 Å². The van der Waals surface area contributed by atoms with Crippen LogP contribution in [0.4, 0.5) is 0 Å². The average molecular weight is 301 g/mol. The number of thiophene rings is 1. The molecule has 0 bridgehead atoms. The van der Waals surface area contributed by atoms with Crippen LogP contribution in [-0.4, -0.2) is 29.3 Å². The van der Waals surface area contributed by atoms with Crippen LogP contribution in [0.25, 0.3) is 0 Å². The minimum atomic E-state index is -0.324. The van der Waals surface area contributed by atoms with E-state index in [2.05, 4.69) is 5.32 Å². The first-order chi connectivity index (χ1) is 8.99. The molecule has 0 aliphatic carbocycles. The Balaban J connectivity index is 1.99. The highest BCUT2D eigenvalue weighted by Gasteiger charge is 2.32. The Morgan fingerprint density at radius 3 is 2.84 bits per heavy atom. The van der Waals surface area contributed by atoms with E-state index in [-0.39, 0.29) is 23.9 Å². The lowest BCUT2D eigenvalue weighted by atomic mass is 10.2. The summed E-state index contributed by atoms with van der Waals surface area (Å²) in [6.45, 7) is 4.10. The van der Waals surface area contributed by atoms with Gasteiger partial charge in [0.05, 0.1) is 10.4 Å². The number of nitrogens with zero attached hydrogens (tertiary/aromatic N) is 1. The summed E-state index contributed by atoms with van der Waals surface area (Å²) in [5.74, 6) is -0.116. The van der Waals surface area contributed by atoms with Crippen molar-refractivity contribution in [3.63, 3.8) is 0 Å². The van der Waals surface area contributed by atoms with Gasteiger partial charge in [-0.15, -0.1) is 11.3 Å². The van der Waals surface area contributed by atoms with E-state index in [4.69, 9.17) is 11.6 Å². The monoisotopic (exact) mass is 300 g/mol. The maximum absolute atomic E-state index is 12.2. The Kier molecular flexibility index (Phi) is 4.47. The molecular weight excluding hydrogens is 284 g/mol. The summed E-state index contributed by atoms with van der Waals surface area (Å²) in [5.41, 5.74) is 0. The number of amides is 2. The number of rotatable bonds is 3. The van der Waals surface area contributed by atoms with Crippen LogP contribution in [0.5, 0.6) is 0 Å². The van der Waals surface area contributed by atoms with Gasteiger partial charge in [-0.05, 0) is 31.9 Å². The molecule has 2 heterocycles. The minimum Gasteiger partial charge on any atom is -0.347 e. The number of halogens is 1. The molecule has 1 aliphatic rings. The zero-order valence-electron chi connectivity index (χ0n) is 11.0. The molecule has 0 radical (unpaired) electrons. The molecule has 4 nitrogen and oxygen atoms in total. The van der Waals surface area contributed by atoms with Crippen LogP contribution in [0.1, 0.15) is 37.6 Å². The van der Waals surface area contributed by atoms with Gasteiger partial charge in [0.15, 0.2) is 0 Å². The lowest BCUT2D eigenvalue weighted by Crippen LogP contribution is -2.45. The van der Waals surface area contributed by atoms with E-state index in [0.717, 1.165) is 17.7 Å². The first-order valence-electron chi connectivity index (χ1n) is 6.32. The van der Waals surface area contributed by atoms with Gasteiger partial charge in [0, 0.05) is 18.3 Å². The lowest BCUT2D eigenvalue weighted by Gasteiger charge is -2.24. The molecule has 19 heavy (non-hydrogen) atoms. The van der Waals surface area contributed by atoms with E-state index < -0.39 is 0 Å². The number of likely N-dealkylation sites (tertiary alicyclic amines) is 1. The summed E-state index contributed by atoms with van der Waals surface area (Å²) in [4.78, 5) is 26.3. The van der Waals surface area contributed by atoms with Crippen molar-refractivity contribution in [2.45, 2.75) is 38.8 Å². The molecule has 1 saturated heterocycles. The van der Waals surface area contributed by atoms with Gasteiger partial charge in [0.25, 0.3) is 0 Å². The zero-order valence-corrected chi connectivity index (χ0v) is 12.6. The predicted octanol–water partition coefficient (Wildman–Crippen LogP) is 2.59. The Morgan fingerprint density at radius 2 is 2.26 bits per heavy atom. The van der Waals surface area contributed by atoms with Gasteiger partial charge in [-0.3, -0.25) is 9.59 Å². The van der Waals surface area contributed by atoms with Crippen molar-refractivity contribution in [1.29, 1.82) is 0 Å². The van der Waals surface area contributed by atoms with Gasteiger partial charge >= 0.3 is 0 Å². The van der Waals surface area contributed by atoms with Crippen molar-refractivity contribution in [2.75, 3.05) is 6.54 Å². The molecule has 0 saturated carbocycles. The molecule has 2 atom stereocenters. The lowest BCUT2D eigenvalue weighted by molar-refractivity contribution is -0.137. The van der Waals surface area contributed by atoms with Crippen LogP contribution in [0, 0.1) is 0 Å². The topological polar surface area (TPSA) is 49.4 Å². The fourth-order valence-corrected chi connectivity index (χ4v) is 3.42. The molecule has 0 spiro atoms. The summed E-state index contributed by atoms with van der Waals surface area (Å²) in [5, 5.41) is 2.96. The summed E-state index contributed by atoms with van der Waals surface area (Å²) >= 11 is 7.34. The quantitative estimate of drug-likeness (QED) is 0.933. The molecule has 2 amide bonds. The van der Waals surface area contributed by atoms with Gasteiger partial charge in [-0.2, -0.15) is 0 Å². The first-order valence-corrected chi connectivity index (χ1v) is 7.51. The van der Waals surface area contributed by atoms with E-state index in [0.29, 0.717) is 10.9 Å². The minimum absolute atomic E-state index is 0.0375. The van der Waals surface area contributed by atoms with Gasteiger partial charge < -0.3 is 10.2 Å². The van der Waals surface area contributed by atoms with E-state index in [1.807, 2.05) is 19.1 Å². The maximum Gasteiger partial charge on any atom is 0.243 e. The highest BCUT2D eigenvalue weighted by Crippen LogP contribution is 2.27. The van der Waals surface area contributed by atoms with Crippen LogP contribution in [0.2, 0.25) is 4.34 Å². The largest absolute Gasteiger partial charge is 0.347 e. The SMILES string of the molecule is CC(=O)N1CCCC1C(=O)NC(C)c1ccc(Cl)s1. The summed E-state index contributed by atoms with van der Waals surface area (Å²) < 4.78 is 0.710. The Morgan fingerprint density at radius 1 is 1.53 bits per heavy atom. The molecular formula is C13H17ClN2O2S. The third kappa shape index (κ3) is 3.28. The molecule has 6 heteroatoms. The second kappa shape index (κ2) is 5.92. The third-order valence-electron chi connectivity index (χ3n) is 3.34. The Hall–Kier alpha value is -1.07. The van der Waals surface area contributed by atoms with Crippen LogP contribution in [0.15, 0.2) is 12.1 Å². The van der Waals surface area contributed by atoms with Crippen molar-refractivity contribution < 1.29 is 9.59 Å². The third-order valence-corrected chi connectivity index (χ3v) is 4.75. The van der Waals surface area contributed by atoms with E-state index in [9.17, 15) is 9.59 Å². The molecule has 2 rings (SSSR count). The molecule has 1 aliphatic heterocycles. The molecule has 1 fully saturated rings. The summed E-state index contributed by atoms with van der Waals surface area (Å²) in [7, 11) is 0. The van der Waals surface area contributed by atoms with Crippen LogP contribution in [0.3, 0.4) is 0 Å². The second-order valence-electron chi connectivity index (χ2n) is 4.74. The van der Waals surface area contributed by atoms with Gasteiger partial charge in [-0.25, -0.2) is 0 Å². The van der Waals surface area contributed by atoms with E-state index in [1.54, 1.807) is 4.90 Å². The highest BCUT2D eigenvalue weighted by atomic mass is 35.5. The summed E-state index contributed by atoms with van der Waals surface area (Å²) in [6, 6.07) is 3.33. The number of carbonyl (C=O) groups is 2. The average Bonchev–Trinajstić information content (AvgIpc) is 2.96. The van der Waals surface area contributed by atoms with Crippen molar-refractivity contribution in [1.82, 2.24) is 10.2 Å². The van der Waals surface area contributed by atoms with Crippen LogP contribution < -0.4 is 5.32 Å². The Bertz CT molecular complexity index is 489. The second-order valence-corrected chi connectivity index (χ2v) is 6.49. The normalized spacial score (nSPS) is 20.4. The standard InChI is InChI=1S/C13H17ClN2O2S/c1-8(11-5-6-12(14)19-11)15-13(18)10-4-3-7-16(10)9(2)17/h5-6,8,10H,3-4,7H2,1-2H3,(H,15,18). The fourth-order valence-electron chi connectivity index (χ4n) is 2.36. The predicted molar refractivity (Wildman–Crippen MR) is 76.3 cm³/mol. The number of hydrogen-bond donors (Lipinski definition) is 1. The molecule has 2 unspecified atom stereocenters. The van der Waals surface area contributed by atoms with E-state index in [1.165, 1.54) is 18.3 Å². The summed E-state index contributed by atoms with van der Waals surface area (Å²) in [6.07, 6.45) is 1.63. The fraction of sp³-hybridized carbons (Fsp3) is 0.538. The highest BCUT2D eigenvalue weighted by molar-refractivity contribution is 7.16. The molecule has 1 aromatic rings. The van der Waals surface area contributed by atoms with Crippen molar-refractivity contribution in [3.05, 3.63) is 21.3 Å². The number of nitrogens with one attached hydrogen (secondary N) is 1. The number of hydrogen-bond acceptors (Lipinski definition) is 3. The smallest absolute Gasteiger partial charge is 0.243 e. The van der Waals surface area contributed by atoms with Crippen LogP contribution in [-0.2, 0) is 9.59 Å². The molecule has 104 valence electrons. The van der Waals surface area contributed by atoms with E-state index >= 15 is 0 Å². The van der Waals surface area contributed by atoms with Crippen molar-refractivity contribution >= 4 is 34.8 Å². The van der Waals surface area contributed by atoms with Gasteiger partial charge in [0.1, 0.15) is 6.04 Å². The first kappa shape index (κ1) is 14.3. The zero-order chi connectivity index (χ0) is 14.0. The number of carbonyl (C=O) groups excluding carboxylic acids is 2. The van der Waals surface area contributed by atoms with Gasteiger partial charge in [-0.1, -0.05) is 11.6 Å². The molecule has 1 N–H and O–H groups in total. The molecule has 0 aromatic carbocycles. The van der Waals surface area contributed by atoms with Gasteiger partial charge in [0.2, 0.25) is 11.8 Å². The van der Waals surface area contributed by atoms with Crippen LogP contribution >= 0.6 is 22.9 Å². The Labute approximate surface area is 121 Å².